The van der Waals surface area contributed by atoms with Crippen LogP contribution in [0.2, 0.25) is 0 Å². The van der Waals surface area contributed by atoms with Gasteiger partial charge in [0.15, 0.2) is 5.82 Å². The van der Waals surface area contributed by atoms with Crippen molar-refractivity contribution in [2.75, 3.05) is 18.0 Å². The Morgan fingerprint density at radius 1 is 0.960 bits per heavy atom. The summed E-state index contributed by atoms with van der Waals surface area (Å²) in [6.45, 7) is 3.68. The van der Waals surface area contributed by atoms with E-state index in [2.05, 4.69) is 19.9 Å². The van der Waals surface area contributed by atoms with Gasteiger partial charge < -0.3 is 4.90 Å². The molecule has 0 atom stereocenters. The zero-order chi connectivity index (χ0) is 17.2. The Kier molecular flexibility index (Phi) is 4.09. The standard InChI is InChI=1S/C19H18FN5/c1-13-16-7-11-25(19-21-9-2-10-22-19)12-8-17(16)24-18(23-13)14-3-5-15(20)6-4-14/h2-6,9-10H,7-8,11-12H2,1H3. The summed E-state index contributed by atoms with van der Waals surface area (Å²) in [5.41, 5.74) is 4.08. The molecule has 1 aliphatic heterocycles. The first kappa shape index (κ1) is 15.6. The van der Waals surface area contributed by atoms with Crippen LogP contribution in [0.5, 0.6) is 0 Å². The predicted molar refractivity (Wildman–Crippen MR) is 93.8 cm³/mol. The predicted octanol–water partition coefficient (Wildman–Crippen LogP) is 2.99. The zero-order valence-electron chi connectivity index (χ0n) is 14.0. The van der Waals surface area contributed by atoms with Crippen molar-refractivity contribution < 1.29 is 4.39 Å². The summed E-state index contributed by atoms with van der Waals surface area (Å²) in [6, 6.07) is 8.14. The van der Waals surface area contributed by atoms with Crippen molar-refractivity contribution >= 4 is 5.95 Å². The summed E-state index contributed by atoms with van der Waals surface area (Å²) in [4.78, 5) is 20.3. The molecule has 0 fully saturated rings. The van der Waals surface area contributed by atoms with Gasteiger partial charge in [-0.05, 0) is 49.2 Å². The minimum absolute atomic E-state index is 0.256. The molecule has 3 heterocycles. The third-order valence-corrected chi connectivity index (χ3v) is 4.49. The average molecular weight is 335 g/mol. The van der Waals surface area contributed by atoms with Crippen LogP contribution in [-0.4, -0.2) is 33.0 Å². The third-order valence-electron chi connectivity index (χ3n) is 4.49. The van der Waals surface area contributed by atoms with E-state index in [1.807, 2.05) is 13.0 Å². The fourth-order valence-electron chi connectivity index (χ4n) is 3.17. The SMILES string of the molecule is Cc1nc(-c2ccc(F)cc2)nc2c1CCN(c1ncccn1)CC2. The van der Waals surface area contributed by atoms with E-state index in [1.165, 1.54) is 17.7 Å². The lowest BCUT2D eigenvalue weighted by Gasteiger charge is -2.19. The van der Waals surface area contributed by atoms with Gasteiger partial charge in [-0.15, -0.1) is 0 Å². The van der Waals surface area contributed by atoms with Crippen LogP contribution < -0.4 is 4.90 Å². The minimum atomic E-state index is -0.256. The van der Waals surface area contributed by atoms with E-state index in [0.717, 1.165) is 48.8 Å². The lowest BCUT2D eigenvalue weighted by Crippen LogP contribution is -2.27. The average Bonchev–Trinajstić information content (AvgIpc) is 2.86. The van der Waals surface area contributed by atoms with Crippen LogP contribution in [0.25, 0.3) is 11.4 Å². The van der Waals surface area contributed by atoms with Crippen molar-refractivity contribution in [2.45, 2.75) is 19.8 Å². The number of hydrogen-bond acceptors (Lipinski definition) is 5. The number of benzene rings is 1. The quantitative estimate of drug-likeness (QED) is 0.721. The Balaban J connectivity index is 1.64. The van der Waals surface area contributed by atoms with Gasteiger partial charge in [0, 0.05) is 48.9 Å². The second-order valence-corrected chi connectivity index (χ2v) is 6.10. The van der Waals surface area contributed by atoms with Gasteiger partial charge in [0.1, 0.15) is 5.82 Å². The number of rotatable bonds is 2. The van der Waals surface area contributed by atoms with Crippen LogP contribution in [0.1, 0.15) is 17.0 Å². The maximum atomic E-state index is 13.2. The largest absolute Gasteiger partial charge is 0.340 e. The monoisotopic (exact) mass is 335 g/mol. The number of halogens is 1. The summed E-state index contributed by atoms with van der Waals surface area (Å²) >= 11 is 0. The molecular weight excluding hydrogens is 317 g/mol. The molecule has 4 rings (SSSR count). The first-order valence-corrected chi connectivity index (χ1v) is 8.35. The van der Waals surface area contributed by atoms with Crippen LogP contribution in [0.15, 0.2) is 42.7 Å². The van der Waals surface area contributed by atoms with Gasteiger partial charge in [-0.1, -0.05) is 0 Å². The summed E-state index contributed by atoms with van der Waals surface area (Å²) in [5.74, 6) is 1.15. The molecule has 0 aliphatic carbocycles. The van der Waals surface area contributed by atoms with E-state index < -0.39 is 0 Å². The second kappa shape index (κ2) is 6.55. The summed E-state index contributed by atoms with van der Waals surface area (Å²) in [5, 5.41) is 0. The molecule has 6 heteroatoms. The maximum absolute atomic E-state index is 13.2. The van der Waals surface area contributed by atoms with E-state index in [0.29, 0.717) is 5.82 Å². The number of fused-ring (bicyclic) bond motifs is 1. The normalized spacial score (nSPS) is 14.1. The molecule has 25 heavy (non-hydrogen) atoms. The van der Waals surface area contributed by atoms with Crippen LogP contribution in [0.4, 0.5) is 10.3 Å². The second-order valence-electron chi connectivity index (χ2n) is 6.10. The first-order valence-electron chi connectivity index (χ1n) is 8.35. The molecule has 2 aromatic heterocycles. The molecule has 0 N–H and O–H groups in total. The molecule has 0 amide bonds. The van der Waals surface area contributed by atoms with Gasteiger partial charge in [0.25, 0.3) is 0 Å². The van der Waals surface area contributed by atoms with Crippen molar-refractivity contribution in [1.29, 1.82) is 0 Å². The van der Waals surface area contributed by atoms with E-state index in [9.17, 15) is 4.39 Å². The highest BCUT2D eigenvalue weighted by molar-refractivity contribution is 5.56. The molecule has 3 aromatic rings. The molecule has 1 aliphatic rings. The molecule has 0 unspecified atom stereocenters. The number of nitrogens with zero attached hydrogens (tertiary/aromatic N) is 5. The highest BCUT2D eigenvalue weighted by Gasteiger charge is 2.20. The Morgan fingerprint density at radius 2 is 1.68 bits per heavy atom. The van der Waals surface area contributed by atoms with Crippen molar-refractivity contribution in [3.63, 3.8) is 0 Å². The zero-order valence-corrected chi connectivity index (χ0v) is 14.0. The molecule has 0 bridgehead atoms. The molecular formula is C19H18FN5. The Labute approximate surface area is 145 Å². The van der Waals surface area contributed by atoms with Crippen LogP contribution in [0.3, 0.4) is 0 Å². The Bertz CT molecular complexity index is 880. The highest BCUT2D eigenvalue weighted by Crippen LogP contribution is 2.23. The van der Waals surface area contributed by atoms with E-state index in [-0.39, 0.29) is 5.82 Å². The Morgan fingerprint density at radius 3 is 2.44 bits per heavy atom. The third kappa shape index (κ3) is 3.20. The van der Waals surface area contributed by atoms with Crippen LogP contribution in [-0.2, 0) is 12.8 Å². The van der Waals surface area contributed by atoms with Crippen LogP contribution in [0, 0.1) is 12.7 Å². The molecule has 0 spiro atoms. The molecule has 0 saturated carbocycles. The van der Waals surface area contributed by atoms with E-state index in [1.54, 1.807) is 24.5 Å². The lowest BCUT2D eigenvalue weighted by atomic mass is 10.1. The number of hydrogen-bond donors (Lipinski definition) is 0. The van der Waals surface area contributed by atoms with E-state index in [4.69, 9.17) is 4.98 Å². The fourth-order valence-corrected chi connectivity index (χ4v) is 3.17. The molecule has 126 valence electrons. The van der Waals surface area contributed by atoms with Gasteiger partial charge in [0.05, 0.1) is 0 Å². The van der Waals surface area contributed by atoms with Crippen molar-refractivity contribution in [1.82, 2.24) is 19.9 Å². The lowest BCUT2D eigenvalue weighted by molar-refractivity contribution is 0.628. The van der Waals surface area contributed by atoms with Gasteiger partial charge in [-0.25, -0.2) is 24.3 Å². The van der Waals surface area contributed by atoms with Gasteiger partial charge in [-0.3, -0.25) is 0 Å². The highest BCUT2D eigenvalue weighted by atomic mass is 19.1. The van der Waals surface area contributed by atoms with Gasteiger partial charge >= 0.3 is 0 Å². The number of aromatic nitrogens is 4. The molecule has 0 radical (unpaired) electrons. The summed E-state index contributed by atoms with van der Waals surface area (Å²) in [6.07, 6.45) is 5.20. The van der Waals surface area contributed by atoms with Crippen molar-refractivity contribution in [2.24, 2.45) is 0 Å². The smallest absolute Gasteiger partial charge is 0.225 e. The molecule has 1 aromatic carbocycles. The topological polar surface area (TPSA) is 54.8 Å². The summed E-state index contributed by atoms with van der Waals surface area (Å²) in [7, 11) is 0. The fraction of sp³-hybridized carbons (Fsp3) is 0.263. The number of anilines is 1. The summed E-state index contributed by atoms with van der Waals surface area (Å²) < 4.78 is 13.2. The van der Waals surface area contributed by atoms with Crippen molar-refractivity contribution in [3.8, 4) is 11.4 Å². The van der Waals surface area contributed by atoms with Gasteiger partial charge in [0.2, 0.25) is 5.95 Å². The maximum Gasteiger partial charge on any atom is 0.225 e. The number of aryl methyl sites for hydroxylation is 1. The molecule has 5 nitrogen and oxygen atoms in total. The van der Waals surface area contributed by atoms with Crippen molar-refractivity contribution in [3.05, 3.63) is 65.5 Å². The first-order chi connectivity index (χ1) is 12.2. The van der Waals surface area contributed by atoms with E-state index >= 15 is 0 Å². The van der Waals surface area contributed by atoms with Crippen LogP contribution >= 0.6 is 0 Å². The minimum Gasteiger partial charge on any atom is -0.340 e. The molecule has 0 saturated heterocycles. The van der Waals surface area contributed by atoms with Gasteiger partial charge in [-0.2, -0.15) is 0 Å². The Hall–Kier alpha value is -2.89.